The lowest BCUT2D eigenvalue weighted by atomic mass is 10.2. The normalized spacial score (nSPS) is 16.0. The lowest BCUT2D eigenvalue weighted by Gasteiger charge is -2.21. The number of nitrogens with zero attached hydrogens (tertiary/aromatic N) is 5. The van der Waals surface area contributed by atoms with E-state index in [9.17, 15) is 12.8 Å². The molecule has 0 unspecified atom stereocenters. The number of ether oxygens (including phenoxy) is 1. The molecule has 154 valence electrons. The molecule has 0 N–H and O–H groups in total. The molecule has 8 nitrogen and oxygen atoms in total. The fourth-order valence-electron chi connectivity index (χ4n) is 3.21. The maximum Gasteiger partial charge on any atom is 0.228 e. The lowest BCUT2D eigenvalue weighted by molar-refractivity contribution is 0.268. The van der Waals surface area contributed by atoms with Crippen molar-refractivity contribution < 1.29 is 17.5 Å². The van der Waals surface area contributed by atoms with Gasteiger partial charge < -0.3 is 9.64 Å². The summed E-state index contributed by atoms with van der Waals surface area (Å²) in [5, 5.41) is 3.70. The highest BCUT2D eigenvalue weighted by Crippen LogP contribution is 2.25. The smallest absolute Gasteiger partial charge is 0.228 e. The first kappa shape index (κ1) is 19.9. The summed E-state index contributed by atoms with van der Waals surface area (Å²) in [6.07, 6.45) is 3.34. The van der Waals surface area contributed by atoms with E-state index in [2.05, 4.69) is 10.1 Å². The van der Waals surface area contributed by atoms with Gasteiger partial charge in [0.05, 0.1) is 6.20 Å². The summed E-state index contributed by atoms with van der Waals surface area (Å²) in [5.74, 6) is 0.753. The Hall–Kier alpha value is -2.43. The molecule has 1 aliphatic rings. The van der Waals surface area contributed by atoms with Gasteiger partial charge in [-0.25, -0.2) is 22.3 Å². The largest absolute Gasteiger partial charge is 0.492 e. The molecule has 1 aromatic carbocycles. The summed E-state index contributed by atoms with van der Waals surface area (Å²) in [6, 6.07) is 6.05. The van der Waals surface area contributed by atoms with Crippen LogP contribution in [0.5, 0.6) is 5.75 Å². The Morgan fingerprint density at radius 2 is 2.07 bits per heavy atom. The Bertz CT molecular complexity index is 1150. The van der Waals surface area contributed by atoms with Crippen LogP contribution < -0.4 is 9.64 Å². The number of rotatable bonds is 2. The monoisotopic (exact) mass is 439 g/mol. The molecule has 2 bridgehead atoms. The zero-order chi connectivity index (χ0) is 20.6. The van der Waals surface area contributed by atoms with Gasteiger partial charge in [-0.1, -0.05) is 0 Å². The van der Waals surface area contributed by atoms with E-state index < -0.39 is 15.2 Å². The second kappa shape index (κ2) is 7.77. The van der Waals surface area contributed by atoms with E-state index in [0.717, 1.165) is 0 Å². The van der Waals surface area contributed by atoms with Crippen molar-refractivity contribution in [3.8, 4) is 5.75 Å². The van der Waals surface area contributed by atoms with Gasteiger partial charge in [-0.15, -0.1) is 11.6 Å². The molecule has 0 radical (unpaired) electrons. The van der Waals surface area contributed by atoms with Crippen molar-refractivity contribution in [2.24, 2.45) is 0 Å². The third-order valence-electron chi connectivity index (χ3n) is 4.72. The molecule has 1 aliphatic heterocycles. The molecule has 0 aliphatic carbocycles. The van der Waals surface area contributed by atoms with Crippen LogP contribution in [0.15, 0.2) is 36.7 Å². The van der Waals surface area contributed by atoms with Gasteiger partial charge in [0, 0.05) is 44.0 Å². The zero-order valence-electron chi connectivity index (χ0n) is 15.6. The van der Waals surface area contributed by atoms with Crippen LogP contribution in [0, 0.1) is 5.82 Å². The van der Waals surface area contributed by atoms with E-state index in [0.29, 0.717) is 34.9 Å². The van der Waals surface area contributed by atoms with E-state index in [1.54, 1.807) is 29.0 Å². The Balaban J connectivity index is 1.82. The SMILES string of the molecule is CN1Cc2cc(F)ccc2OCCN(S(=O)(=O)CCl)Cc2cnn3ccc1nc23. The molecule has 2 aromatic heterocycles. The molecule has 0 saturated heterocycles. The van der Waals surface area contributed by atoms with E-state index in [1.807, 2.05) is 11.9 Å². The summed E-state index contributed by atoms with van der Waals surface area (Å²) in [6.45, 7) is 0.606. The fourth-order valence-corrected chi connectivity index (χ4v) is 4.45. The summed E-state index contributed by atoms with van der Waals surface area (Å²) < 4.78 is 47.4. The van der Waals surface area contributed by atoms with Crippen molar-refractivity contribution >= 4 is 33.1 Å². The summed E-state index contributed by atoms with van der Waals surface area (Å²) in [5.41, 5.74) is 1.83. The van der Waals surface area contributed by atoms with Crippen LogP contribution in [0.25, 0.3) is 5.65 Å². The minimum Gasteiger partial charge on any atom is -0.492 e. The molecule has 0 fully saturated rings. The molecule has 0 saturated carbocycles. The molecular formula is C18H19ClFN5O3S. The highest BCUT2D eigenvalue weighted by molar-refractivity contribution is 7.90. The van der Waals surface area contributed by atoms with Crippen LogP contribution in [0.3, 0.4) is 0 Å². The van der Waals surface area contributed by atoms with Gasteiger partial charge in [0.1, 0.15) is 29.2 Å². The molecular weight excluding hydrogens is 421 g/mol. The van der Waals surface area contributed by atoms with Crippen LogP contribution in [-0.4, -0.2) is 52.7 Å². The van der Waals surface area contributed by atoms with Gasteiger partial charge in [-0.2, -0.15) is 9.40 Å². The Labute approximate surface area is 172 Å². The average Bonchev–Trinajstić information content (AvgIpc) is 3.10. The first-order valence-electron chi connectivity index (χ1n) is 8.87. The van der Waals surface area contributed by atoms with Crippen LogP contribution in [-0.2, 0) is 23.1 Å². The highest BCUT2D eigenvalue weighted by Gasteiger charge is 2.24. The number of hydrogen-bond donors (Lipinski definition) is 0. The van der Waals surface area contributed by atoms with E-state index in [-0.39, 0.29) is 25.5 Å². The minimum atomic E-state index is -3.70. The minimum absolute atomic E-state index is 0.0678. The third-order valence-corrected chi connectivity index (χ3v) is 6.93. The summed E-state index contributed by atoms with van der Waals surface area (Å²) in [7, 11) is -1.86. The highest BCUT2D eigenvalue weighted by atomic mass is 35.5. The molecule has 4 rings (SSSR count). The summed E-state index contributed by atoms with van der Waals surface area (Å²) in [4.78, 5) is 6.50. The molecule has 0 amide bonds. The average molecular weight is 440 g/mol. The predicted octanol–water partition coefficient (Wildman–Crippen LogP) is 2.23. The van der Waals surface area contributed by atoms with Crippen molar-refractivity contribution in [3.63, 3.8) is 0 Å². The zero-order valence-corrected chi connectivity index (χ0v) is 17.2. The number of aromatic nitrogens is 3. The molecule has 11 heteroatoms. The second-order valence-corrected chi connectivity index (χ2v) is 9.29. The predicted molar refractivity (Wildman–Crippen MR) is 107 cm³/mol. The molecule has 3 heterocycles. The van der Waals surface area contributed by atoms with Crippen molar-refractivity contribution in [3.05, 3.63) is 53.6 Å². The third kappa shape index (κ3) is 4.00. The Morgan fingerprint density at radius 1 is 1.24 bits per heavy atom. The van der Waals surface area contributed by atoms with Gasteiger partial charge in [0.15, 0.2) is 5.65 Å². The maximum absolute atomic E-state index is 13.8. The van der Waals surface area contributed by atoms with E-state index in [4.69, 9.17) is 16.3 Å². The fraction of sp³-hybridized carbons (Fsp3) is 0.333. The van der Waals surface area contributed by atoms with Crippen LogP contribution in [0.1, 0.15) is 11.1 Å². The Kier molecular flexibility index (Phi) is 5.32. The van der Waals surface area contributed by atoms with E-state index in [1.165, 1.54) is 16.4 Å². The number of sulfonamides is 1. The molecule has 3 aromatic rings. The van der Waals surface area contributed by atoms with Crippen molar-refractivity contribution in [1.82, 2.24) is 18.9 Å². The Morgan fingerprint density at radius 3 is 2.86 bits per heavy atom. The van der Waals surface area contributed by atoms with Crippen LogP contribution in [0.2, 0.25) is 0 Å². The van der Waals surface area contributed by atoms with Gasteiger partial charge in [-0.05, 0) is 24.3 Å². The van der Waals surface area contributed by atoms with Crippen LogP contribution >= 0.6 is 11.6 Å². The number of benzene rings is 1. The maximum atomic E-state index is 13.8. The number of halogens is 2. The van der Waals surface area contributed by atoms with Crippen molar-refractivity contribution in [2.45, 2.75) is 13.1 Å². The van der Waals surface area contributed by atoms with Gasteiger partial charge in [0.25, 0.3) is 0 Å². The van der Waals surface area contributed by atoms with Gasteiger partial charge in [0.2, 0.25) is 10.0 Å². The number of fused-ring (bicyclic) bond motifs is 2. The number of hydrogen-bond acceptors (Lipinski definition) is 6. The molecule has 0 spiro atoms. The van der Waals surface area contributed by atoms with E-state index >= 15 is 0 Å². The van der Waals surface area contributed by atoms with Crippen LogP contribution in [0.4, 0.5) is 10.2 Å². The van der Waals surface area contributed by atoms with Crippen molar-refractivity contribution in [1.29, 1.82) is 0 Å². The standard InChI is InChI=1S/C18H19ClFN5O3S/c1-23-10-13-8-15(20)2-3-16(13)28-7-6-24(29(26,27)12-19)11-14-9-21-25-5-4-17(23)22-18(14)25/h2-5,8-9H,6-7,10-12H2,1H3. The van der Waals surface area contributed by atoms with Gasteiger partial charge >= 0.3 is 0 Å². The summed E-state index contributed by atoms with van der Waals surface area (Å²) >= 11 is 5.68. The quantitative estimate of drug-likeness (QED) is 0.570. The first-order chi connectivity index (χ1) is 13.9. The number of anilines is 1. The van der Waals surface area contributed by atoms with Crippen molar-refractivity contribution in [2.75, 3.05) is 30.3 Å². The second-order valence-electron chi connectivity index (χ2n) is 6.73. The lowest BCUT2D eigenvalue weighted by Crippen LogP contribution is -2.35. The molecule has 0 atom stereocenters. The topological polar surface area (TPSA) is 80.0 Å². The first-order valence-corrected chi connectivity index (χ1v) is 11.0. The molecule has 29 heavy (non-hydrogen) atoms. The van der Waals surface area contributed by atoms with Gasteiger partial charge in [-0.3, -0.25) is 0 Å². The number of alkyl halides is 1.